The molecule has 0 fully saturated rings. The summed E-state index contributed by atoms with van der Waals surface area (Å²) in [6.07, 6.45) is 4.84. The van der Waals surface area contributed by atoms with Crippen molar-refractivity contribution in [2.24, 2.45) is 0 Å². The lowest BCUT2D eigenvalue weighted by atomic mass is 10.1. The Kier molecular flexibility index (Phi) is 8.12. The molecule has 0 saturated heterocycles. The molecular weight excluding hydrogens is 250 g/mol. The molecule has 0 radical (unpaired) electrons. The smallest absolute Gasteiger partial charge is 0.142 e. The number of hydrogen-bond donors (Lipinski definition) is 1. The molecule has 20 heavy (non-hydrogen) atoms. The Bertz CT molecular complexity index is 379. The summed E-state index contributed by atoms with van der Waals surface area (Å²) in [5, 5.41) is 3.62. The van der Waals surface area contributed by atoms with Crippen LogP contribution in [0.15, 0.2) is 18.2 Å². The van der Waals surface area contributed by atoms with Gasteiger partial charge in [-0.15, -0.1) is 0 Å². The van der Waals surface area contributed by atoms with E-state index in [-0.39, 0.29) is 0 Å². The lowest BCUT2D eigenvalue weighted by molar-refractivity contribution is 0.146. The first kappa shape index (κ1) is 16.8. The fraction of sp³-hybridized carbons (Fsp3) is 0.647. The van der Waals surface area contributed by atoms with Gasteiger partial charge in [0, 0.05) is 13.2 Å². The molecule has 0 spiro atoms. The van der Waals surface area contributed by atoms with Gasteiger partial charge in [0.2, 0.25) is 0 Å². The molecule has 0 bridgehead atoms. The molecule has 1 N–H and O–H groups in total. The fourth-order valence-electron chi connectivity index (χ4n) is 2.15. The molecule has 0 aliphatic rings. The van der Waals surface area contributed by atoms with Gasteiger partial charge >= 0.3 is 0 Å². The van der Waals surface area contributed by atoms with Gasteiger partial charge in [-0.25, -0.2) is 0 Å². The number of nitrogens with one attached hydrogen (secondary N) is 1. The lowest BCUT2D eigenvalue weighted by Crippen LogP contribution is -2.19. The van der Waals surface area contributed by atoms with Gasteiger partial charge in [-0.05, 0) is 37.5 Å². The third-order valence-electron chi connectivity index (χ3n) is 3.44. The van der Waals surface area contributed by atoms with Crippen molar-refractivity contribution in [1.82, 2.24) is 0 Å². The molecule has 0 aliphatic heterocycles. The summed E-state index contributed by atoms with van der Waals surface area (Å²) in [5.41, 5.74) is 2.30. The second-order valence-electron chi connectivity index (χ2n) is 5.23. The van der Waals surface area contributed by atoms with E-state index < -0.39 is 0 Å². The van der Waals surface area contributed by atoms with Crippen molar-refractivity contribution < 1.29 is 9.47 Å². The summed E-state index contributed by atoms with van der Waals surface area (Å²) in [6.45, 7) is 7.74. The van der Waals surface area contributed by atoms with Crippen molar-refractivity contribution in [1.29, 1.82) is 0 Å². The number of hydrogen-bond acceptors (Lipinski definition) is 3. The molecule has 3 heteroatoms. The average Bonchev–Trinajstić information content (AvgIpc) is 2.45. The number of anilines is 1. The maximum Gasteiger partial charge on any atom is 0.142 e. The van der Waals surface area contributed by atoms with Crippen LogP contribution in [0.1, 0.15) is 45.1 Å². The molecule has 0 amide bonds. The second-order valence-corrected chi connectivity index (χ2v) is 5.23. The van der Waals surface area contributed by atoms with Crippen LogP contribution in [0.25, 0.3) is 0 Å². The predicted octanol–water partition coefficient (Wildman–Crippen LogP) is 4.40. The van der Waals surface area contributed by atoms with Gasteiger partial charge in [0.1, 0.15) is 12.4 Å². The molecule has 1 aromatic carbocycles. The van der Waals surface area contributed by atoms with E-state index in [0.29, 0.717) is 19.3 Å². The van der Waals surface area contributed by atoms with E-state index in [1.165, 1.54) is 24.8 Å². The van der Waals surface area contributed by atoms with Gasteiger partial charge < -0.3 is 14.8 Å². The number of aryl methyl sites for hydroxylation is 1. The monoisotopic (exact) mass is 279 g/mol. The van der Waals surface area contributed by atoms with Crippen LogP contribution in [0.5, 0.6) is 5.75 Å². The quantitative estimate of drug-likeness (QED) is 0.644. The van der Waals surface area contributed by atoms with Crippen LogP contribution < -0.4 is 10.1 Å². The summed E-state index contributed by atoms with van der Waals surface area (Å²) in [7, 11) is 1.69. The Balaban J connectivity index is 2.70. The Labute approximate surface area is 123 Å². The molecule has 1 aromatic rings. The first-order valence-corrected chi connectivity index (χ1v) is 7.70. The van der Waals surface area contributed by atoms with E-state index in [2.05, 4.69) is 44.3 Å². The Morgan fingerprint density at radius 2 is 2.00 bits per heavy atom. The van der Waals surface area contributed by atoms with Crippen LogP contribution in [0, 0.1) is 6.92 Å². The molecule has 1 unspecified atom stereocenters. The van der Waals surface area contributed by atoms with Crippen molar-refractivity contribution in [3.05, 3.63) is 23.8 Å². The average molecular weight is 279 g/mol. The van der Waals surface area contributed by atoms with E-state index in [0.717, 1.165) is 17.9 Å². The molecule has 0 aliphatic carbocycles. The number of unbranched alkanes of at least 4 members (excludes halogenated alkanes) is 1. The minimum atomic E-state index is 0.516. The van der Waals surface area contributed by atoms with Crippen molar-refractivity contribution >= 4 is 5.69 Å². The van der Waals surface area contributed by atoms with Gasteiger partial charge in [-0.3, -0.25) is 0 Å². The van der Waals surface area contributed by atoms with Crippen molar-refractivity contribution in [2.45, 2.75) is 52.5 Å². The van der Waals surface area contributed by atoms with E-state index in [1.807, 2.05) is 0 Å². The van der Waals surface area contributed by atoms with Crippen LogP contribution in [-0.4, -0.2) is 26.4 Å². The molecular formula is C17H29NO2. The van der Waals surface area contributed by atoms with E-state index in [1.54, 1.807) is 7.11 Å². The van der Waals surface area contributed by atoms with Crippen LogP contribution in [0.3, 0.4) is 0 Å². The second kappa shape index (κ2) is 9.65. The minimum absolute atomic E-state index is 0.516. The van der Waals surface area contributed by atoms with Gasteiger partial charge in [0.05, 0.1) is 12.3 Å². The largest absolute Gasteiger partial charge is 0.489 e. The van der Waals surface area contributed by atoms with E-state index >= 15 is 0 Å². The zero-order chi connectivity index (χ0) is 14.8. The molecule has 0 aromatic heterocycles. The first-order valence-electron chi connectivity index (χ1n) is 7.70. The van der Waals surface area contributed by atoms with Gasteiger partial charge in [0.25, 0.3) is 0 Å². The lowest BCUT2D eigenvalue weighted by Gasteiger charge is -2.21. The zero-order valence-electron chi connectivity index (χ0n) is 13.4. The standard InChI is InChI=1S/C17H29NO2/c1-5-7-8-15(6-2)18-16-10-9-14(3)13-17(16)20-12-11-19-4/h9-10,13,15,18H,5-8,11-12H2,1-4H3. The number of methoxy groups -OCH3 is 1. The fourth-order valence-corrected chi connectivity index (χ4v) is 2.15. The summed E-state index contributed by atoms with van der Waals surface area (Å²) < 4.78 is 10.9. The SMILES string of the molecule is CCCCC(CC)Nc1ccc(C)cc1OCCOC. The topological polar surface area (TPSA) is 30.5 Å². The summed E-state index contributed by atoms with van der Waals surface area (Å²) >= 11 is 0. The predicted molar refractivity (Wildman–Crippen MR) is 85.8 cm³/mol. The summed E-state index contributed by atoms with van der Waals surface area (Å²) in [4.78, 5) is 0. The third kappa shape index (κ3) is 5.83. The third-order valence-corrected chi connectivity index (χ3v) is 3.44. The summed E-state index contributed by atoms with van der Waals surface area (Å²) in [5.74, 6) is 0.928. The molecule has 1 atom stereocenters. The van der Waals surface area contributed by atoms with Crippen LogP contribution in [0.2, 0.25) is 0 Å². The Hall–Kier alpha value is -1.22. The minimum Gasteiger partial charge on any atom is -0.489 e. The van der Waals surface area contributed by atoms with E-state index in [9.17, 15) is 0 Å². The molecule has 114 valence electrons. The Morgan fingerprint density at radius 1 is 1.20 bits per heavy atom. The highest BCUT2D eigenvalue weighted by molar-refractivity contribution is 5.58. The van der Waals surface area contributed by atoms with Gasteiger partial charge in [-0.2, -0.15) is 0 Å². The number of benzene rings is 1. The Morgan fingerprint density at radius 3 is 2.65 bits per heavy atom. The van der Waals surface area contributed by atoms with Crippen molar-refractivity contribution in [3.63, 3.8) is 0 Å². The molecule has 0 heterocycles. The van der Waals surface area contributed by atoms with Crippen molar-refractivity contribution in [2.75, 3.05) is 25.6 Å². The van der Waals surface area contributed by atoms with Gasteiger partial charge in [-0.1, -0.05) is 32.8 Å². The number of rotatable bonds is 10. The summed E-state index contributed by atoms with van der Waals surface area (Å²) in [6, 6.07) is 6.84. The van der Waals surface area contributed by atoms with Gasteiger partial charge in [0.15, 0.2) is 0 Å². The maximum absolute atomic E-state index is 5.82. The highest BCUT2D eigenvalue weighted by Crippen LogP contribution is 2.27. The van der Waals surface area contributed by atoms with Crippen LogP contribution in [0.4, 0.5) is 5.69 Å². The van der Waals surface area contributed by atoms with E-state index in [4.69, 9.17) is 9.47 Å². The normalized spacial score (nSPS) is 12.2. The highest BCUT2D eigenvalue weighted by Gasteiger charge is 2.10. The molecule has 3 nitrogen and oxygen atoms in total. The van der Waals surface area contributed by atoms with Crippen LogP contribution in [-0.2, 0) is 4.74 Å². The van der Waals surface area contributed by atoms with Crippen molar-refractivity contribution in [3.8, 4) is 5.75 Å². The molecule has 0 saturated carbocycles. The first-order chi connectivity index (χ1) is 9.71. The number of ether oxygens (including phenoxy) is 2. The van der Waals surface area contributed by atoms with Crippen LogP contribution >= 0.6 is 0 Å². The zero-order valence-corrected chi connectivity index (χ0v) is 13.4. The molecule has 1 rings (SSSR count). The highest BCUT2D eigenvalue weighted by atomic mass is 16.5. The maximum atomic E-state index is 5.82.